The van der Waals surface area contributed by atoms with E-state index in [9.17, 15) is 0 Å². The summed E-state index contributed by atoms with van der Waals surface area (Å²) in [5.41, 5.74) is 1.10. The molecule has 0 amide bonds. The first-order chi connectivity index (χ1) is 9.36. The lowest BCUT2D eigenvalue weighted by Crippen LogP contribution is -2.26. The third kappa shape index (κ3) is 3.38. The van der Waals surface area contributed by atoms with E-state index in [2.05, 4.69) is 38.9 Å². The maximum absolute atomic E-state index is 4.52. The lowest BCUT2D eigenvalue weighted by molar-refractivity contribution is 0.528. The van der Waals surface area contributed by atoms with Crippen molar-refractivity contribution in [2.45, 2.75) is 39.3 Å². The van der Waals surface area contributed by atoms with E-state index in [0.717, 1.165) is 37.3 Å². The first-order valence-electron chi connectivity index (χ1n) is 6.87. The van der Waals surface area contributed by atoms with Crippen molar-refractivity contribution in [1.29, 1.82) is 0 Å². The van der Waals surface area contributed by atoms with Crippen molar-refractivity contribution in [3.05, 3.63) is 42.2 Å². The molecule has 5 heteroatoms. The Hall–Kier alpha value is -1.75. The minimum Gasteiger partial charge on any atom is -0.333 e. The molecule has 2 heterocycles. The number of aromatic nitrogens is 4. The van der Waals surface area contributed by atoms with E-state index in [0.29, 0.717) is 0 Å². The molecular weight excluding hydrogens is 238 g/mol. The van der Waals surface area contributed by atoms with Gasteiger partial charge >= 0.3 is 0 Å². The molecule has 102 valence electrons. The largest absolute Gasteiger partial charge is 0.333 e. The van der Waals surface area contributed by atoms with E-state index in [1.807, 2.05) is 18.5 Å². The summed E-state index contributed by atoms with van der Waals surface area (Å²) in [5, 5.41) is 11.4. The maximum Gasteiger partial charge on any atom is 0.130 e. The van der Waals surface area contributed by atoms with Gasteiger partial charge in [0.05, 0.1) is 12.2 Å². The summed E-state index contributed by atoms with van der Waals surface area (Å²) in [7, 11) is 0. The average Bonchev–Trinajstić information content (AvgIpc) is 2.89. The zero-order chi connectivity index (χ0) is 13.5. The summed E-state index contributed by atoms with van der Waals surface area (Å²) in [4.78, 5) is 4.52. The van der Waals surface area contributed by atoms with Crippen LogP contribution in [0.3, 0.4) is 0 Å². The Kier molecular flexibility index (Phi) is 5.03. The summed E-state index contributed by atoms with van der Waals surface area (Å²) < 4.78 is 2.20. The molecule has 0 aliphatic rings. The highest BCUT2D eigenvalue weighted by atomic mass is 15.1. The molecule has 1 N–H and O–H groups in total. The predicted octanol–water partition coefficient (Wildman–Crippen LogP) is 2.17. The number of aryl methyl sites for hydroxylation is 1. The highest BCUT2D eigenvalue weighted by molar-refractivity contribution is 5.20. The van der Waals surface area contributed by atoms with Crippen LogP contribution >= 0.6 is 0 Å². The van der Waals surface area contributed by atoms with Crippen molar-refractivity contribution >= 4 is 0 Å². The summed E-state index contributed by atoms with van der Waals surface area (Å²) in [6, 6.07) is 2.07. The number of hydrogen-bond donors (Lipinski definition) is 1. The van der Waals surface area contributed by atoms with Crippen LogP contribution < -0.4 is 5.32 Å². The Balaban J connectivity index is 2.29. The molecule has 0 aliphatic carbocycles. The van der Waals surface area contributed by atoms with Gasteiger partial charge in [0.25, 0.3) is 0 Å². The Morgan fingerprint density at radius 2 is 2.11 bits per heavy atom. The molecule has 0 aromatic carbocycles. The predicted molar refractivity (Wildman–Crippen MR) is 74.7 cm³/mol. The fourth-order valence-electron chi connectivity index (χ4n) is 2.13. The summed E-state index contributed by atoms with van der Waals surface area (Å²) in [6.45, 7) is 6.27. The molecule has 2 aromatic heterocycles. The average molecular weight is 259 g/mol. The van der Waals surface area contributed by atoms with Gasteiger partial charge in [-0.25, -0.2) is 4.98 Å². The quantitative estimate of drug-likeness (QED) is 0.828. The zero-order valence-corrected chi connectivity index (χ0v) is 11.6. The first kappa shape index (κ1) is 13.7. The monoisotopic (exact) mass is 259 g/mol. The molecule has 1 atom stereocenters. The third-order valence-electron chi connectivity index (χ3n) is 3.01. The molecule has 0 saturated carbocycles. The number of nitrogens with one attached hydrogen (secondary N) is 1. The van der Waals surface area contributed by atoms with Crippen LogP contribution in [0, 0.1) is 0 Å². The molecule has 2 rings (SSSR count). The molecule has 0 fully saturated rings. The van der Waals surface area contributed by atoms with Gasteiger partial charge in [-0.1, -0.05) is 13.8 Å². The van der Waals surface area contributed by atoms with Crippen molar-refractivity contribution in [3.63, 3.8) is 0 Å². The number of imidazole rings is 1. The highest BCUT2D eigenvalue weighted by Crippen LogP contribution is 2.19. The van der Waals surface area contributed by atoms with Gasteiger partial charge in [-0.3, -0.25) is 0 Å². The van der Waals surface area contributed by atoms with Crippen LogP contribution in [-0.4, -0.2) is 26.3 Å². The van der Waals surface area contributed by atoms with Gasteiger partial charge in [-0.2, -0.15) is 10.2 Å². The van der Waals surface area contributed by atoms with E-state index >= 15 is 0 Å². The summed E-state index contributed by atoms with van der Waals surface area (Å²) in [6.07, 6.45) is 9.61. The normalized spacial score (nSPS) is 12.5. The Bertz CT molecular complexity index is 480. The molecular formula is C14H21N5. The third-order valence-corrected chi connectivity index (χ3v) is 3.01. The molecule has 5 nitrogen and oxygen atoms in total. The lowest BCUT2D eigenvalue weighted by Gasteiger charge is -2.19. The van der Waals surface area contributed by atoms with Crippen LogP contribution in [0.1, 0.15) is 44.1 Å². The molecule has 0 saturated heterocycles. The molecule has 0 bridgehead atoms. The first-order valence-corrected chi connectivity index (χ1v) is 6.87. The van der Waals surface area contributed by atoms with Gasteiger partial charge in [-0.15, -0.1) is 0 Å². The van der Waals surface area contributed by atoms with Gasteiger partial charge in [0.2, 0.25) is 0 Å². The lowest BCUT2D eigenvalue weighted by atomic mass is 10.1. The second-order valence-corrected chi connectivity index (χ2v) is 4.54. The van der Waals surface area contributed by atoms with Crippen LogP contribution in [0.5, 0.6) is 0 Å². The van der Waals surface area contributed by atoms with Crippen molar-refractivity contribution in [3.8, 4) is 0 Å². The number of hydrogen-bond acceptors (Lipinski definition) is 4. The van der Waals surface area contributed by atoms with Crippen molar-refractivity contribution in [2.24, 2.45) is 0 Å². The maximum atomic E-state index is 4.52. The SMILES string of the molecule is CCCNC(c1ccnnc1)c1nccn1CCC. The van der Waals surface area contributed by atoms with Gasteiger partial charge in [0.15, 0.2) is 0 Å². The molecule has 2 aromatic rings. The van der Waals surface area contributed by atoms with E-state index in [4.69, 9.17) is 0 Å². The Morgan fingerprint density at radius 1 is 1.21 bits per heavy atom. The van der Waals surface area contributed by atoms with E-state index in [-0.39, 0.29) is 6.04 Å². The minimum atomic E-state index is 0.0806. The second kappa shape index (κ2) is 6.99. The summed E-state index contributed by atoms with van der Waals surface area (Å²) >= 11 is 0. The zero-order valence-electron chi connectivity index (χ0n) is 11.6. The standard InChI is InChI=1S/C14H21N5/c1-3-6-15-13(12-5-7-17-18-11-12)14-16-8-10-19(14)9-4-2/h5,7-8,10-11,13,15H,3-4,6,9H2,1-2H3. The fourth-order valence-corrected chi connectivity index (χ4v) is 2.13. The van der Waals surface area contributed by atoms with Crippen LogP contribution in [0.15, 0.2) is 30.9 Å². The molecule has 1 unspecified atom stereocenters. The van der Waals surface area contributed by atoms with Crippen LogP contribution in [0.4, 0.5) is 0 Å². The van der Waals surface area contributed by atoms with Crippen LogP contribution in [0.25, 0.3) is 0 Å². The molecule has 0 spiro atoms. The van der Waals surface area contributed by atoms with E-state index in [1.165, 1.54) is 0 Å². The highest BCUT2D eigenvalue weighted by Gasteiger charge is 2.18. The number of nitrogens with zero attached hydrogens (tertiary/aromatic N) is 4. The second-order valence-electron chi connectivity index (χ2n) is 4.54. The van der Waals surface area contributed by atoms with Crippen LogP contribution in [0.2, 0.25) is 0 Å². The van der Waals surface area contributed by atoms with Gasteiger partial charge in [0, 0.05) is 25.1 Å². The summed E-state index contributed by atoms with van der Waals surface area (Å²) in [5.74, 6) is 1.04. The molecule has 0 radical (unpaired) electrons. The van der Waals surface area contributed by atoms with E-state index in [1.54, 1.807) is 12.4 Å². The minimum absolute atomic E-state index is 0.0806. The molecule has 19 heavy (non-hydrogen) atoms. The Labute approximate surface area is 114 Å². The molecule has 0 aliphatic heterocycles. The van der Waals surface area contributed by atoms with Gasteiger partial charge in [-0.05, 0) is 31.0 Å². The Morgan fingerprint density at radius 3 is 2.79 bits per heavy atom. The van der Waals surface area contributed by atoms with Gasteiger partial charge in [0.1, 0.15) is 5.82 Å². The number of rotatable bonds is 7. The van der Waals surface area contributed by atoms with Crippen molar-refractivity contribution in [2.75, 3.05) is 6.54 Å². The van der Waals surface area contributed by atoms with Crippen molar-refractivity contribution in [1.82, 2.24) is 25.1 Å². The fraction of sp³-hybridized carbons (Fsp3) is 0.500. The van der Waals surface area contributed by atoms with Crippen LogP contribution in [-0.2, 0) is 6.54 Å². The van der Waals surface area contributed by atoms with E-state index < -0.39 is 0 Å². The van der Waals surface area contributed by atoms with Crippen molar-refractivity contribution < 1.29 is 0 Å². The topological polar surface area (TPSA) is 55.6 Å². The van der Waals surface area contributed by atoms with Gasteiger partial charge < -0.3 is 9.88 Å². The smallest absolute Gasteiger partial charge is 0.130 e.